The zero-order chi connectivity index (χ0) is 34.8. The van der Waals surface area contributed by atoms with E-state index in [4.69, 9.17) is 26.5 Å². The Morgan fingerprint density at radius 1 is 1.04 bits per heavy atom. The van der Waals surface area contributed by atoms with Crippen LogP contribution in [0.3, 0.4) is 0 Å². The lowest BCUT2D eigenvalue weighted by Gasteiger charge is -2.28. The minimum atomic E-state index is -0.832. The summed E-state index contributed by atoms with van der Waals surface area (Å²) in [5.74, 6) is 0.667. The first-order valence-corrected chi connectivity index (χ1v) is 17.6. The van der Waals surface area contributed by atoms with Crippen molar-refractivity contribution in [3.8, 4) is 5.00 Å². The minimum absolute atomic E-state index is 0.0601. The highest BCUT2D eigenvalue weighted by Crippen LogP contribution is 2.42. The number of aryl methyl sites for hydroxylation is 1. The van der Waals surface area contributed by atoms with Crippen LogP contribution in [0.2, 0.25) is 5.02 Å². The van der Waals surface area contributed by atoms with E-state index in [0.29, 0.717) is 55.3 Å². The molecule has 0 saturated carbocycles. The fourth-order valence-corrected chi connectivity index (χ4v) is 7.96. The van der Waals surface area contributed by atoms with E-state index in [0.717, 1.165) is 49.5 Å². The van der Waals surface area contributed by atoms with Crippen LogP contribution >= 0.6 is 22.9 Å². The van der Waals surface area contributed by atoms with Crippen LogP contribution in [0.15, 0.2) is 83.2 Å². The molecule has 2 aliphatic heterocycles. The minimum Gasteiger partial charge on any atom is -0.481 e. The third-order valence-electron chi connectivity index (χ3n) is 8.81. The Morgan fingerprint density at radius 2 is 1.84 bits per heavy atom. The summed E-state index contributed by atoms with van der Waals surface area (Å²) in [7, 11) is 0. The molecule has 0 saturated heterocycles. The number of thiophene rings is 1. The molecule has 5 aromatic rings. The van der Waals surface area contributed by atoms with Crippen LogP contribution in [0.1, 0.15) is 86.9 Å². The number of carbonyl (C=O) groups is 2. The van der Waals surface area contributed by atoms with Gasteiger partial charge in [0.15, 0.2) is 5.82 Å². The number of aliphatic imine (C=N–C) groups is 1. The third kappa shape index (κ3) is 6.56. The third-order valence-corrected chi connectivity index (χ3v) is 10.3. The van der Waals surface area contributed by atoms with Gasteiger partial charge in [0.1, 0.15) is 29.2 Å². The molecule has 0 bridgehead atoms. The number of hydrogen-bond acceptors (Lipinski definition) is 9. The molecule has 2 aliphatic rings. The van der Waals surface area contributed by atoms with Gasteiger partial charge < -0.3 is 14.8 Å². The number of hydrogen-bond donors (Lipinski definition) is 1. The monoisotopic (exact) mass is 707 g/mol. The van der Waals surface area contributed by atoms with Crippen molar-refractivity contribution in [2.75, 3.05) is 13.2 Å². The second-order valence-electron chi connectivity index (χ2n) is 12.2. The van der Waals surface area contributed by atoms with Gasteiger partial charge in [-0.15, -0.1) is 21.5 Å². The molecule has 11 nitrogen and oxygen atoms in total. The van der Waals surface area contributed by atoms with Crippen LogP contribution < -0.4 is 0 Å². The van der Waals surface area contributed by atoms with Crippen LogP contribution in [-0.4, -0.2) is 66.2 Å². The van der Waals surface area contributed by atoms with Crippen molar-refractivity contribution in [1.29, 1.82) is 0 Å². The Kier molecular flexibility index (Phi) is 9.55. The molecule has 3 aromatic heterocycles. The first kappa shape index (κ1) is 33.3. The fourth-order valence-electron chi connectivity index (χ4n) is 6.32. The summed E-state index contributed by atoms with van der Waals surface area (Å²) in [5.41, 5.74) is 6.60. The summed E-state index contributed by atoms with van der Waals surface area (Å²) in [6.07, 6.45) is 5.22. The van der Waals surface area contributed by atoms with Gasteiger partial charge in [0.25, 0.3) is 5.91 Å². The molecule has 0 spiro atoms. The summed E-state index contributed by atoms with van der Waals surface area (Å²) in [6.45, 7) is 5.28. The normalized spacial score (nSPS) is 15.4. The van der Waals surface area contributed by atoms with E-state index in [9.17, 15) is 9.59 Å². The number of aromatic nitrogens is 4. The van der Waals surface area contributed by atoms with E-state index < -0.39 is 5.97 Å². The lowest BCUT2D eigenvalue weighted by Crippen LogP contribution is -2.35. The number of carboxylic acids is 1. The summed E-state index contributed by atoms with van der Waals surface area (Å²) in [5, 5.41) is 23.7. The molecule has 254 valence electrons. The average molecular weight is 708 g/mol. The standard InChI is InChI=1S/C37H34ClN7O4S/c1-22-35-42-41-23(2)45(35)37-32(34(40-22)27-9-3-4-10-29(27)38)28-16-18-44(21-30(28)50-37)36(48)25-14-12-24(13-15-25)33(26-8-7-17-39-20-26)43-49-19-6-5-11-31(46)47/h3-4,7-10,12-15,17,20,22H,5-6,11,16,18-19,21H2,1-2H3,(H,46,47)/b43-33-. The molecule has 13 heteroatoms. The van der Waals surface area contributed by atoms with Crippen LogP contribution in [0, 0.1) is 6.92 Å². The van der Waals surface area contributed by atoms with E-state index in [1.165, 1.54) is 5.56 Å². The van der Waals surface area contributed by atoms with Crippen LogP contribution in [0.4, 0.5) is 0 Å². The molecular formula is C37H34ClN7O4S. The first-order chi connectivity index (χ1) is 24.3. The predicted octanol–water partition coefficient (Wildman–Crippen LogP) is 6.82. The molecule has 2 aromatic carbocycles. The topological polar surface area (TPSA) is 135 Å². The van der Waals surface area contributed by atoms with Crippen LogP contribution in [0.25, 0.3) is 5.00 Å². The number of aliphatic carboxylic acids is 1. The molecule has 0 fully saturated rings. The summed E-state index contributed by atoms with van der Waals surface area (Å²) in [6, 6.07) is 18.6. The van der Waals surface area contributed by atoms with Crippen molar-refractivity contribution < 1.29 is 19.5 Å². The van der Waals surface area contributed by atoms with Gasteiger partial charge in [0.05, 0.1) is 12.3 Å². The number of benzene rings is 2. The SMILES string of the molecule is Cc1nnc2n1-c1sc3c(c1C(c1ccccc1Cl)=NC2C)CCN(C(=O)c1ccc(/C(=N/OCCCCC(=O)O)c2cccnc2)cc1)C3. The summed E-state index contributed by atoms with van der Waals surface area (Å²) in [4.78, 5) is 42.7. The van der Waals surface area contributed by atoms with Gasteiger partial charge in [0.2, 0.25) is 0 Å². The lowest BCUT2D eigenvalue weighted by atomic mass is 9.95. The second kappa shape index (κ2) is 14.3. The van der Waals surface area contributed by atoms with Crippen molar-refractivity contribution in [1.82, 2.24) is 24.6 Å². The number of carboxylic acid groups (broad SMARTS) is 1. The highest BCUT2D eigenvalue weighted by molar-refractivity contribution is 7.15. The maximum atomic E-state index is 13.9. The number of oxime groups is 1. The highest BCUT2D eigenvalue weighted by atomic mass is 35.5. The van der Waals surface area contributed by atoms with Gasteiger partial charge in [0, 0.05) is 63.1 Å². The van der Waals surface area contributed by atoms with Gasteiger partial charge in [-0.2, -0.15) is 0 Å². The van der Waals surface area contributed by atoms with Gasteiger partial charge in [-0.3, -0.25) is 24.1 Å². The molecule has 1 N–H and O–H groups in total. The summed E-state index contributed by atoms with van der Waals surface area (Å²) < 4.78 is 2.10. The number of halogens is 1. The van der Waals surface area contributed by atoms with Gasteiger partial charge in [-0.05, 0) is 69.0 Å². The maximum Gasteiger partial charge on any atom is 0.303 e. The first-order valence-electron chi connectivity index (χ1n) is 16.4. The van der Waals surface area contributed by atoms with E-state index >= 15 is 0 Å². The Hall–Kier alpha value is -5.20. The Morgan fingerprint density at radius 3 is 2.60 bits per heavy atom. The summed E-state index contributed by atoms with van der Waals surface area (Å²) >= 11 is 8.40. The smallest absolute Gasteiger partial charge is 0.303 e. The number of nitrogens with zero attached hydrogens (tertiary/aromatic N) is 7. The molecule has 1 unspecified atom stereocenters. The van der Waals surface area contributed by atoms with Crippen molar-refractivity contribution in [2.24, 2.45) is 10.1 Å². The van der Waals surface area contributed by atoms with Crippen molar-refractivity contribution in [3.63, 3.8) is 0 Å². The average Bonchev–Trinajstić information content (AvgIpc) is 3.67. The Bertz CT molecular complexity index is 2130. The van der Waals surface area contributed by atoms with E-state index in [1.54, 1.807) is 23.7 Å². The van der Waals surface area contributed by atoms with E-state index in [1.807, 2.05) is 79.4 Å². The van der Waals surface area contributed by atoms with Crippen molar-refractivity contribution in [3.05, 3.63) is 128 Å². The number of rotatable bonds is 10. The van der Waals surface area contributed by atoms with Gasteiger partial charge in [-0.25, -0.2) is 0 Å². The van der Waals surface area contributed by atoms with Gasteiger partial charge >= 0.3 is 5.97 Å². The molecule has 1 amide bonds. The molecule has 50 heavy (non-hydrogen) atoms. The molecule has 0 aliphatic carbocycles. The lowest BCUT2D eigenvalue weighted by molar-refractivity contribution is -0.137. The molecule has 1 atom stereocenters. The molecular weight excluding hydrogens is 674 g/mol. The Balaban J connectivity index is 1.15. The maximum absolute atomic E-state index is 13.9. The number of pyridine rings is 1. The van der Waals surface area contributed by atoms with Gasteiger partial charge in [-0.1, -0.05) is 47.1 Å². The number of fused-ring (bicyclic) bond motifs is 5. The second-order valence-corrected chi connectivity index (χ2v) is 13.7. The van der Waals surface area contributed by atoms with Crippen molar-refractivity contribution in [2.45, 2.75) is 52.1 Å². The molecule has 7 rings (SSSR count). The van der Waals surface area contributed by atoms with Crippen LogP contribution in [-0.2, 0) is 22.6 Å². The number of carbonyl (C=O) groups excluding carboxylic acids is 1. The largest absolute Gasteiger partial charge is 0.481 e. The zero-order valence-electron chi connectivity index (χ0n) is 27.5. The van der Waals surface area contributed by atoms with E-state index in [2.05, 4.69) is 24.9 Å². The quantitative estimate of drug-likeness (QED) is 0.0956. The van der Waals surface area contributed by atoms with E-state index in [-0.39, 0.29) is 18.4 Å². The number of amides is 1. The highest BCUT2D eigenvalue weighted by Gasteiger charge is 2.35. The zero-order valence-corrected chi connectivity index (χ0v) is 29.1. The van der Waals surface area contributed by atoms with Crippen molar-refractivity contribution >= 4 is 46.2 Å². The molecule has 5 heterocycles. The predicted molar refractivity (Wildman–Crippen MR) is 192 cm³/mol. The molecule has 0 radical (unpaired) electrons. The number of unbranched alkanes of at least 4 members (excludes halogenated alkanes) is 1. The van der Waals surface area contributed by atoms with Crippen LogP contribution in [0.5, 0.6) is 0 Å². The Labute approximate surface area is 297 Å². The fraction of sp³-hybridized carbons (Fsp3) is 0.270.